The molecule has 1 rings (SSSR count). The van der Waals surface area contributed by atoms with E-state index in [1.807, 2.05) is 13.1 Å². The standard InChI is InChI=1S/C8H16O4SSi/c1-4-5-13(9,10)7-8-6-11-14(2,3)12-8/h4,8H,1,5-7H2,2-3H3. The highest BCUT2D eigenvalue weighted by molar-refractivity contribution is 7.91. The van der Waals surface area contributed by atoms with Crippen molar-refractivity contribution in [1.29, 1.82) is 0 Å². The zero-order valence-corrected chi connectivity index (χ0v) is 10.3. The molecule has 1 aliphatic rings. The Labute approximate surface area is 86.1 Å². The average molecular weight is 236 g/mol. The van der Waals surface area contributed by atoms with Crippen LogP contribution in [-0.4, -0.2) is 41.2 Å². The van der Waals surface area contributed by atoms with E-state index in [1.165, 1.54) is 6.08 Å². The quantitative estimate of drug-likeness (QED) is 0.533. The van der Waals surface area contributed by atoms with Crippen LogP contribution in [-0.2, 0) is 18.7 Å². The highest BCUT2D eigenvalue weighted by Crippen LogP contribution is 2.19. The molecule has 0 aliphatic carbocycles. The van der Waals surface area contributed by atoms with Crippen molar-refractivity contribution in [3.8, 4) is 0 Å². The van der Waals surface area contributed by atoms with Crippen molar-refractivity contribution in [2.75, 3.05) is 18.1 Å². The average Bonchev–Trinajstić information content (AvgIpc) is 2.28. The third kappa shape index (κ3) is 3.53. The number of hydrogen-bond donors (Lipinski definition) is 0. The molecule has 1 saturated heterocycles. The van der Waals surface area contributed by atoms with E-state index in [1.54, 1.807) is 0 Å². The lowest BCUT2D eigenvalue weighted by Crippen LogP contribution is -2.31. The summed E-state index contributed by atoms with van der Waals surface area (Å²) in [5.41, 5.74) is 0. The Hall–Kier alpha value is -0.173. The van der Waals surface area contributed by atoms with Gasteiger partial charge in [0.1, 0.15) is 0 Å². The molecular formula is C8H16O4SSi. The van der Waals surface area contributed by atoms with Gasteiger partial charge >= 0.3 is 8.56 Å². The Morgan fingerprint density at radius 3 is 2.64 bits per heavy atom. The molecule has 1 aliphatic heterocycles. The van der Waals surface area contributed by atoms with Gasteiger partial charge in [0.25, 0.3) is 0 Å². The first-order chi connectivity index (χ1) is 6.35. The van der Waals surface area contributed by atoms with Crippen molar-refractivity contribution in [2.24, 2.45) is 0 Å². The Kier molecular flexibility index (Phi) is 3.52. The fourth-order valence-electron chi connectivity index (χ4n) is 1.38. The summed E-state index contributed by atoms with van der Waals surface area (Å²) < 4.78 is 33.7. The van der Waals surface area contributed by atoms with Crippen molar-refractivity contribution in [1.82, 2.24) is 0 Å². The molecule has 6 heteroatoms. The van der Waals surface area contributed by atoms with Gasteiger partial charge in [-0.2, -0.15) is 0 Å². The van der Waals surface area contributed by atoms with Gasteiger partial charge < -0.3 is 8.85 Å². The zero-order chi connectivity index (χ0) is 10.8. The Bertz CT molecular complexity index is 309. The number of hydrogen-bond acceptors (Lipinski definition) is 4. The molecule has 0 bridgehead atoms. The van der Waals surface area contributed by atoms with Crippen molar-refractivity contribution in [3.05, 3.63) is 12.7 Å². The highest BCUT2D eigenvalue weighted by atomic mass is 32.2. The molecule has 4 nitrogen and oxygen atoms in total. The van der Waals surface area contributed by atoms with Crippen molar-refractivity contribution >= 4 is 18.4 Å². The first-order valence-corrected chi connectivity index (χ1v) is 9.11. The number of rotatable bonds is 4. The summed E-state index contributed by atoms with van der Waals surface area (Å²) in [6.07, 6.45) is 1.11. The molecule has 14 heavy (non-hydrogen) atoms. The van der Waals surface area contributed by atoms with E-state index < -0.39 is 18.4 Å². The summed E-state index contributed by atoms with van der Waals surface area (Å²) in [7, 11) is -5.08. The van der Waals surface area contributed by atoms with E-state index in [2.05, 4.69) is 6.58 Å². The molecule has 0 radical (unpaired) electrons. The van der Waals surface area contributed by atoms with E-state index in [-0.39, 0.29) is 17.6 Å². The molecule has 1 atom stereocenters. The van der Waals surface area contributed by atoms with Crippen LogP contribution >= 0.6 is 0 Å². The van der Waals surface area contributed by atoms with Crippen LogP contribution in [0.4, 0.5) is 0 Å². The molecule has 1 unspecified atom stereocenters. The SMILES string of the molecule is C=CCS(=O)(=O)CC1CO[Si](C)(C)O1. The van der Waals surface area contributed by atoms with Gasteiger partial charge in [0.05, 0.1) is 24.2 Å². The van der Waals surface area contributed by atoms with E-state index in [0.29, 0.717) is 6.61 Å². The van der Waals surface area contributed by atoms with Crippen LogP contribution < -0.4 is 0 Å². The third-order valence-corrected chi connectivity index (χ3v) is 5.26. The summed E-state index contributed by atoms with van der Waals surface area (Å²) in [5.74, 6) is 0.0459. The van der Waals surface area contributed by atoms with Crippen molar-refractivity contribution < 1.29 is 17.3 Å². The minimum atomic E-state index is -3.07. The van der Waals surface area contributed by atoms with E-state index in [0.717, 1.165) is 0 Å². The molecule has 0 spiro atoms. The topological polar surface area (TPSA) is 52.6 Å². The summed E-state index contributed by atoms with van der Waals surface area (Å²) in [6, 6.07) is 0. The van der Waals surface area contributed by atoms with E-state index in [4.69, 9.17) is 8.85 Å². The fraction of sp³-hybridized carbons (Fsp3) is 0.750. The molecule has 1 fully saturated rings. The normalized spacial score (nSPS) is 26.3. The lowest BCUT2D eigenvalue weighted by atomic mass is 10.4. The van der Waals surface area contributed by atoms with Crippen LogP contribution in [0.5, 0.6) is 0 Å². The monoisotopic (exact) mass is 236 g/mol. The maximum absolute atomic E-state index is 11.4. The fourth-order valence-corrected chi connectivity index (χ4v) is 4.33. The predicted molar refractivity (Wildman–Crippen MR) is 57.2 cm³/mol. The van der Waals surface area contributed by atoms with Gasteiger partial charge in [0.2, 0.25) is 0 Å². The first-order valence-electron chi connectivity index (χ1n) is 4.48. The molecule has 0 N–H and O–H groups in total. The second-order valence-electron chi connectivity index (χ2n) is 3.82. The van der Waals surface area contributed by atoms with E-state index >= 15 is 0 Å². The van der Waals surface area contributed by atoms with Crippen LogP contribution in [0.15, 0.2) is 12.7 Å². The molecule has 0 saturated carbocycles. The summed E-state index contributed by atoms with van der Waals surface area (Å²) in [5, 5.41) is 0. The second kappa shape index (κ2) is 4.14. The lowest BCUT2D eigenvalue weighted by molar-refractivity contribution is 0.255. The van der Waals surface area contributed by atoms with Crippen LogP contribution in [0, 0.1) is 0 Å². The van der Waals surface area contributed by atoms with Crippen LogP contribution in [0.1, 0.15) is 0 Å². The molecule has 1 heterocycles. The zero-order valence-electron chi connectivity index (χ0n) is 8.52. The Balaban J connectivity index is 2.51. The highest BCUT2D eigenvalue weighted by Gasteiger charge is 2.37. The smallest absolute Gasteiger partial charge is 0.332 e. The molecular weight excluding hydrogens is 220 g/mol. The number of sulfone groups is 1. The maximum Gasteiger partial charge on any atom is 0.332 e. The Morgan fingerprint density at radius 2 is 2.21 bits per heavy atom. The minimum Gasteiger partial charge on any atom is -0.392 e. The molecule has 0 aromatic heterocycles. The Morgan fingerprint density at radius 1 is 1.57 bits per heavy atom. The molecule has 0 aromatic rings. The molecule has 0 aromatic carbocycles. The van der Waals surface area contributed by atoms with Crippen LogP contribution in [0.2, 0.25) is 13.1 Å². The van der Waals surface area contributed by atoms with Crippen molar-refractivity contribution in [2.45, 2.75) is 19.2 Å². The van der Waals surface area contributed by atoms with Gasteiger partial charge in [-0.05, 0) is 13.1 Å². The molecule has 82 valence electrons. The largest absolute Gasteiger partial charge is 0.392 e. The van der Waals surface area contributed by atoms with Gasteiger partial charge in [-0.1, -0.05) is 6.08 Å². The van der Waals surface area contributed by atoms with Gasteiger partial charge in [0, 0.05) is 0 Å². The molecule has 0 amide bonds. The third-order valence-electron chi connectivity index (χ3n) is 1.88. The lowest BCUT2D eigenvalue weighted by Gasteiger charge is -2.13. The summed E-state index contributed by atoms with van der Waals surface area (Å²) in [6.45, 7) is 7.62. The maximum atomic E-state index is 11.4. The van der Waals surface area contributed by atoms with Gasteiger partial charge in [-0.25, -0.2) is 8.42 Å². The van der Waals surface area contributed by atoms with Crippen LogP contribution in [0.25, 0.3) is 0 Å². The second-order valence-corrected chi connectivity index (χ2v) is 9.29. The van der Waals surface area contributed by atoms with Crippen molar-refractivity contribution in [3.63, 3.8) is 0 Å². The van der Waals surface area contributed by atoms with E-state index in [9.17, 15) is 8.42 Å². The van der Waals surface area contributed by atoms with Gasteiger partial charge in [-0.3, -0.25) is 0 Å². The van der Waals surface area contributed by atoms with Gasteiger partial charge in [0.15, 0.2) is 9.84 Å². The van der Waals surface area contributed by atoms with Gasteiger partial charge in [-0.15, -0.1) is 6.58 Å². The summed E-state index contributed by atoms with van der Waals surface area (Å²) >= 11 is 0. The predicted octanol–water partition coefficient (Wildman–Crippen LogP) is 0.704. The summed E-state index contributed by atoms with van der Waals surface area (Å²) in [4.78, 5) is 0. The van der Waals surface area contributed by atoms with Crippen LogP contribution in [0.3, 0.4) is 0 Å². The minimum absolute atomic E-state index is 0.00877. The first kappa shape index (κ1) is 11.9.